The van der Waals surface area contributed by atoms with E-state index in [1.165, 1.54) is 55.5 Å². The van der Waals surface area contributed by atoms with Crippen molar-refractivity contribution in [2.24, 2.45) is 0 Å². The Labute approximate surface area is 220 Å². The number of rotatable bonds is 8. The summed E-state index contributed by atoms with van der Waals surface area (Å²) >= 11 is 0.819. The van der Waals surface area contributed by atoms with Gasteiger partial charge in [-0.05, 0) is 36.8 Å². The molecule has 0 radical (unpaired) electrons. The predicted molar refractivity (Wildman–Crippen MR) is 128 cm³/mol. The van der Waals surface area contributed by atoms with Crippen LogP contribution >= 0.6 is 11.8 Å². The van der Waals surface area contributed by atoms with Gasteiger partial charge in [0.05, 0.1) is 16.4 Å². The van der Waals surface area contributed by atoms with Crippen molar-refractivity contribution in [3.63, 3.8) is 0 Å². The molecule has 39 heavy (non-hydrogen) atoms. The van der Waals surface area contributed by atoms with Crippen molar-refractivity contribution < 1.29 is 50.2 Å². The van der Waals surface area contributed by atoms with E-state index in [-0.39, 0.29) is 23.2 Å². The number of aromatic carboxylic acids is 1. The van der Waals surface area contributed by atoms with Crippen LogP contribution in [0.5, 0.6) is 0 Å². The maximum Gasteiger partial charge on any atom is 0.422 e. The van der Waals surface area contributed by atoms with Gasteiger partial charge in [0, 0.05) is 10.6 Å². The summed E-state index contributed by atoms with van der Waals surface area (Å²) < 4.78 is 94.6. The molecule has 1 unspecified atom stereocenters. The maximum absolute atomic E-state index is 14.2. The van der Waals surface area contributed by atoms with E-state index >= 15 is 0 Å². The number of carbonyl (C=O) groups excluding carboxylic acids is 2. The molecule has 14 heteroatoms. The Balaban J connectivity index is 1.80. The molecule has 0 saturated heterocycles. The van der Waals surface area contributed by atoms with Gasteiger partial charge < -0.3 is 15.7 Å². The summed E-state index contributed by atoms with van der Waals surface area (Å²) in [4.78, 5) is 36.9. The highest BCUT2D eigenvalue weighted by Crippen LogP contribution is 2.39. The van der Waals surface area contributed by atoms with Gasteiger partial charge in [0.15, 0.2) is 23.3 Å². The number of hydrogen-bond acceptors (Lipinski definition) is 4. The molecular weight excluding hydrogens is 557 g/mol. The fraction of sp³-hybridized carbons (Fsp3) is 0.160. The number of anilines is 2. The summed E-state index contributed by atoms with van der Waals surface area (Å²) in [6.07, 6.45) is -5.72. The Morgan fingerprint density at radius 3 is 2.00 bits per heavy atom. The minimum atomic E-state index is -5.73. The first-order valence-corrected chi connectivity index (χ1v) is 11.8. The number of amides is 2. The third-order valence-corrected chi connectivity index (χ3v) is 6.59. The summed E-state index contributed by atoms with van der Waals surface area (Å²) in [7, 11) is 0. The van der Waals surface area contributed by atoms with E-state index in [9.17, 15) is 50.2 Å². The molecule has 0 saturated carbocycles. The van der Waals surface area contributed by atoms with Crippen LogP contribution in [0.4, 0.5) is 42.1 Å². The smallest absolute Gasteiger partial charge is 0.422 e. The molecule has 3 N–H and O–H groups in total. The van der Waals surface area contributed by atoms with E-state index < -0.39 is 63.7 Å². The molecule has 0 bridgehead atoms. The van der Waals surface area contributed by atoms with E-state index in [1.807, 2.05) is 0 Å². The van der Waals surface area contributed by atoms with Crippen molar-refractivity contribution in [2.45, 2.75) is 29.7 Å². The van der Waals surface area contributed by atoms with Crippen molar-refractivity contribution in [1.29, 1.82) is 0 Å². The molecule has 0 heterocycles. The molecule has 0 aliphatic heterocycles. The van der Waals surface area contributed by atoms with Crippen LogP contribution in [0.3, 0.4) is 0 Å². The molecule has 0 spiro atoms. The number of carboxylic acids is 1. The molecule has 206 valence electrons. The average Bonchev–Trinajstić information content (AvgIpc) is 2.88. The van der Waals surface area contributed by atoms with E-state index in [0.29, 0.717) is 4.90 Å². The molecule has 2 amide bonds. The molecule has 3 aromatic rings. The third-order valence-electron chi connectivity index (χ3n) is 5.23. The second-order valence-electron chi connectivity index (χ2n) is 7.84. The molecule has 0 aliphatic carbocycles. The van der Waals surface area contributed by atoms with Crippen LogP contribution < -0.4 is 10.6 Å². The Morgan fingerprint density at radius 2 is 1.46 bits per heavy atom. The Bertz CT molecular complexity index is 1420. The van der Waals surface area contributed by atoms with Crippen molar-refractivity contribution in [1.82, 2.24) is 0 Å². The Kier molecular flexibility index (Phi) is 8.89. The van der Waals surface area contributed by atoms with Crippen LogP contribution in [-0.4, -0.2) is 28.1 Å². The zero-order valence-corrected chi connectivity index (χ0v) is 20.4. The first-order chi connectivity index (χ1) is 18.3. The van der Waals surface area contributed by atoms with Gasteiger partial charge in [0.1, 0.15) is 11.3 Å². The van der Waals surface area contributed by atoms with Gasteiger partial charge >= 0.3 is 12.1 Å². The van der Waals surface area contributed by atoms with E-state index in [4.69, 9.17) is 0 Å². The molecule has 0 aliphatic rings. The summed E-state index contributed by atoms with van der Waals surface area (Å²) in [5, 5.41) is 12.2. The fourth-order valence-corrected chi connectivity index (χ4v) is 4.41. The van der Waals surface area contributed by atoms with Gasteiger partial charge in [-0.3, -0.25) is 9.59 Å². The molecule has 3 aromatic carbocycles. The Morgan fingerprint density at radius 1 is 0.872 bits per heavy atom. The molecule has 3 rings (SSSR count). The molecular formula is C25H17F7N2O4S. The SMILES string of the molecule is CCC(Sc1cccc(NC(=O)c2ccccc2C(=O)O)c1)C(=O)Nc1c(F)c(F)c(C(F)(F)F)c(F)c1F. The number of nitrogens with one attached hydrogen (secondary N) is 2. The van der Waals surface area contributed by atoms with Crippen molar-refractivity contribution in [3.05, 3.63) is 88.5 Å². The highest BCUT2D eigenvalue weighted by atomic mass is 32.2. The van der Waals surface area contributed by atoms with Crippen LogP contribution in [-0.2, 0) is 11.0 Å². The minimum absolute atomic E-state index is 0.00785. The largest absolute Gasteiger partial charge is 0.478 e. The number of hydrogen-bond donors (Lipinski definition) is 3. The lowest BCUT2D eigenvalue weighted by Crippen LogP contribution is -2.27. The lowest BCUT2D eigenvalue weighted by molar-refractivity contribution is -0.143. The molecule has 1 atom stereocenters. The van der Waals surface area contributed by atoms with E-state index in [1.54, 1.807) is 5.32 Å². The van der Waals surface area contributed by atoms with Crippen molar-refractivity contribution in [3.8, 4) is 0 Å². The predicted octanol–water partition coefficient (Wildman–Crippen LogP) is 6.72. The number of alkyl halides is 3. The first-order valence-electron chi connectivity index (χ1n) is 10.9. The lowest BCUT2D eigenvalue weighted by Gasteiger charge is -2.18. The number of thioether (sulfide) groups is 1. The monoisotopic (exact) mass is 574 g/mol. The highest BCUT2D eigenvalue weighted by Gasteiger charge is 2.42. The van der Waals surface area contributed by atoms with E-state index in [0.717, 1.165) is 11.8 Å². The van der Waals surface area contributed by atoms with Gasteiger partial charge in [0.25, 0.3) is 5.91 Å². The minimum Gasteiger partial charge on any atom is -0.478 e. The van der Waals surface area contributed by atoms with Gasteiger partial charge in [-0.25, -0.2) is 22.4 Å². The van der Waals surface area contributed by atoms with Gasteiger partial charge in [-0.2, -0.15) is 13.2 Å². The van der Waals surface area contributed by atoms with Gasteiger partial charge in [0.2, 0.25) is 5.91 Å². The maximum atomic E-state index is 14.2. The second kappa shape index (κ2) is 11.8. The number of benzene rings is 3. The number of carboxylic acid groups (broad SMARTS) is 1. The lowest BCUT2D eigenvalue weighted by atomic mass is 10.1. The summed E-state index contributed by atoms with van der Waals surface area (Å²) in [6, 6.07) is 11.3. The normalized spacial score (nSPS) is 12.1. The highest BCUT2D eigenvalue weighted by molar-refractivity contribution is 8.00. The van der Waals surface area contributed by atoms with Crippen LogP contribution in [0.1, 0.15) is 39.6 Å². The molecule has 6 nitrogen and oxygen atoms in total. The summed E-state index contributed by atoms with van der Waals surface area (Å²) in [5.41, 5.74) is -4.63. The van der Waals surface area contributed by atoms with Gasteiger partial charge in [-0.1, -0.05) is 25.1 Å². The Hall–Kier alpha value is -4.07. The quantitative estimate of drug-likeness (QED) is 0.158. The number of carbonyl (C=O) groups is 3. The van der Waals surface area contributed by atoms with Crippen LogP contribution in [0.2, 0.25) is 0 Å². The fourth-order valence-electron chi connectivity index (χ4n) is 3.39. The summed E-state index contributed by atoms with van der Waals surface area (Å²) in [6.45, 7) is 1.49. The topological polar surface area (TPSA) is 95.5 Å². The zero-order valence-electron chi connectivity index (χ0n) is 19.6. The summed E-state index contributed by atoms with van der Waals surface area (Å²) in [5.74, 6) is -13.5. The van der Waals surface area contributed by atoms with E-state index in [2.05, 4.69) is 5.32 Å². The third kappa shape index (κ3) is 6.50. The second-order valence-corrected chi connectivity index (χ2v) is 9.12. The van der Waals surface area contributed by atoms with Crippen molar-refractivity contribution in [2.75, 3.05) is 10.6 Å². The standard InChI is InChI=1S/C25H17F7N2O4S/c1-2-15(23(36)34-21-19(28)17(26)16(25(30,31)32)18(27)20(21)29)39-12-7-5-6-11(10-12)33-22(35)13-8-3-4-9-14(13)24(37)38/h3-10,15H,2H2,1H3,(H,33,35)(H,34,36)(H,37,38). The van der Waals surface area contributed by atoms with Crippen molar-refractivity contribution >= 4 is 40.9 Å². The number of halogens is 7. The van der Waals surface area contributed by atoms with Crippen LogP contribution in [0.15, 0.2) is 53.4 Å². The average molecular weight is 574 g/mol. The molecule has 0 fully saturated rings. The van der Waals surface area contributed by atoms with Crippen LogP contribution in [0, 0.1) is 23.3 Å². The van der Waals surface area contributed by atoms with Gasteiger partial charge in [-0.15, -0.1) is 11.8 Å². The van der Waals surface area contributed by atoms with Crippen LogP contribution in [0.25, 0.3) is 0 Å². The zero-order chi connectivity index (χ0) is 29.1. The first kappa shape index (κ1) is 29.5. The molecule has 0 aromatic heterocycles.